The molecule has 2 heterocycles. The van der Waals surface area contributed by atoms with Crippen LogP contribution in [-0.2, 0) is 0 Å². The van der Waals surface area contributed by atoms with Crippen LogP contribution in [0.5, 0.6) is 0 Å². The van der Waals surface area contributed by atoms with Gasteiger partial charge in [-0.3, -0.25) is 0 Å². The molecule has 100 valence electrons. The predicted molar refractivity (Wildman–Crippen MR) is 70.2 cm³/mol. The normalized spacial score (nSPS) is 28.4. The molecule has 0 aliphatic carbocycles. The van der Waals surface area contributed by atoms with Gasteiger partial charge in [-0.05, 0) is 64.8 Å². The van der Waals surface area contributed by atoms with Gasteiger partial charge in [0.05, 0.1) is 6.10 Å². The summed E-state index contributed by atoms with van der Waals surface area (Å²) in [5.74, 6) is 0. The maximum atomic E-state index is 9.58. The Hall–Kier alpha value is -0.160. The van der Waals surface area contributed by atoms with Crippen LogP contribution in [-0.4, -0.2) is 61.4 Å². The van der Waals surface area contributed by atoms with Gasteiger partial charge in [0.1, 0.15) is 0 Å². The molecule has 4 heteroatoms. The quantitative estimate of drug-likeness (QED) is 0.601. The monoisotopic (exact) mass is 241 g/mol. The molecule has 2 rings (SSSR count). The molecule has 0 radical (unpaired) electrons. The molecule has 0 saturated carbocycles. The van der Waals surface area contributed by atoms with Crippen LogP contribution in [0.1, 0.15) is 32.1 Å². The van der Waals surface area contributed by atoms with E-state index in [-0.39, 0.29) is 6.10 Å². The number of rotatable bonds is 5. The highest BCUT2D eigenvalue weighted by atomic mass is 16.3. The first kappa shape index (κ1) is 13.3. The highest BCUT2D eigenvalue weighted by molar-refractivity contribution is 4.75. The zero-order valence-electron chi connectivity index (χ0n) is 10.8. The molecule has 2 aliphatic rings. The highest BCUT2D eigenvalue weighted by Gasteiger charge is 2.17. The summed E-state index contributed by atoms with van der Waals surface area (Å²) in [5.41, 5.74) is 0. The Kier molecular flexibility index (Phi) is 5.71. The van der Waals surface area contributed by atoms with Gasteiger partial charge in [0, 0.05) is 12.6 Å². The van der Waals surface area contributed by atoms with Gasteiger partial charge in [0.2, 0.25) is 0 Å². The number of β-amino-alcohol motifs (C(OH)–C–C–N with tert-alkyl or cyclic N) is 1. The second-order valence-corrected chi connectivity index (χ2v) is 5.43. The molecule has 0 aromatic carbocycles. The number of aliphatic hydroxyl groups excluding tert-OH is 1. The third kappa shape index (κ3) is 4.92. The third-order valence-electron chi connectivity index (χ3n) is 3.90. The second kappa shape index (κ2) is 7.31. The lowest BCUT2D eigenvalue weighted by molar-refractivity contribution is 0.0700. The lowest BCUT2D eigenvalue weighted by Gasteiger charge is -2.30. The molecule has 2 fully saturated rings. The summed E-state index contributed by atoms with van der Waals surface area (Å²) in [6.45, 7) is 6.63. The van der Waals surface area contributed by atoms with Gasteiger partial charge in [-0.2, -0.15) is 0 Å². The Morgan fingerprint density at radius 2 is 2.06 bits per heavy atom. The van der Waals surface area contributed by atoms with Crippen molar-refractivity contribution in [3.05, 3.63) is 0 Å². The molecular formula is C13H27N3O. The van der Waals surface area contributed by atoms with E-state index < -0.39 is 0 Å². The van der Waals surface area contributed by atoms with Gasteiger partial charge < -0.3 is 20.6 Å². The molecule has 1 unspecified atom stereocenters. The van der Waals surface area contributed by atoms with Crippen molar-refractivity contribution < 1.29 is 5.11 Å². The minimum atomic E-state index is -0.0823. The number of nitrogens with zero attached hydrogens (tertiary/aromatic N) is 1. The number of piperidine rings is 2. The van der Waals surface area contributed by atoms with Crippen LogP contribution in [0.3, 0.4) is 0 Å². The minimum absolute atomic E-state index is 0.0823. The number of aliphatic hydroxyl groups is 1. The largest absolute Gasteiger partial charge is 0.392 e. The first-order valence-electron chi connectivity index (χ1n) is 7.19. The fourth-order valence-corrected chi connectivity index (χ4v) is 2.87. The van der Waals surface area contributed by atoms with Crippen molar-refractivity contribution in [2.75, 3.05) is 39.3 Å². The molecule has 0 spiro atoms. The van der Waals surface area contributed by atoms with E-state index in [1.807, 2.05) is 0 Å². The molecule has 3 N–H and O–H groups in total. The molecule has 2 saturated heterocycles. The molecule has 0 bridgehead atoms. The molecular weight excluding hydrogens is 214 g/mol. The van der Waals surface area contributed by atoms with Crippen LogP contribution in [0.15, 0.2) is 0 Å². The van der Waals surface area contributed by atoms with E-state index >= 15 is 0 Å². The fraction of sp³-hybridized carbons (Fsp3) is 1.00. The standard InChI is InChI=1S/C13H27N3O/c17-13-3-1-9-16(11-13)10-2-6-15-12-4-7-14-8-5-12/h12-15,17H,1-11H2. The summed E-state index contributed by atoms with van der Waals surface area (Å²) in [6, 6.07) is 0.725. The minimum Gasteiger partial charge on any atom is -0.392 e. The van der Waals surface area contributed by atoms with Crippen molar-refractivity contribution in [2.45, 2.75) is 44.2 Å². The Morgan fingerprint density at radius 3 is 2.82 bits per heavy atom. The van der Waals surface area contributed by atoms with Crippen molar-refractivity contribution in [1.29, 1.82) is 0 Å². The van der Waals surface area contributed by atoms with E-state index in [1.54, 1.807) is 0 Å². The number of nitrogens with one attached hydrogen (secondary N) is 2. The van der Waals surface area contributed by atoms with Crippen LogP contribution >= 0.6 is 0 Å². The maximum absolute atomic E-state index is 9.58. The summed E-state index contributed by atoms with van der Waals surface area (Å²) < 4.78 is 0. The Balaban J connectivity index is 1.50. The van der Waals surface area contributed by atoms with E-state index in [1.165, 1.54) is 25.8 Å². The summed E-state index contributed by atoms with van der Waals surface area (Å²) in [7, 11) is 0. The first-order valence-corrected chi connectivity index (χ1v) is 7.19. The van der Waals surface area contributed by atoms with Gasteiger partial charge in [0.15, 0.2) is 0 Å². The Bertz CT molecular complexity index is 207. The highest BCUT2D eigenvalue weighted by Crippen LogP contribution is 2.09. The zero-order valence-corrected chi connectivity index (χ0v) is 10.8. The Morgan fingerprint density at radius 1 is 1.24 bits per heavy atom. The second-order valence-electron chi connectivity index (χ2n) is 5.43. The number of hydrogen-bond donors (Lipinski definition) is 3. The van der Waals surface area contributed by atoms with Gasteiger partial charge >= 0.3 is 0 Å². The smallest absolute Gasteiger partial charge is 0.0667 e. The number of likely N-dealkylation sites (tertiary alicyclic amines) is 1. The maximum Gasteiger partial charge on any atom is 0.0667 e. The van der Waals surface area contributed by atoms with Crippen molar-refractivity contribution in [1.82, 2.24) is 15.5 Å². The molecule has 4 nitrogen and oxygen atoms in total. The van der Waals surface area contributed by atoms with E-state index in [0.717, 1.165) is 51.6 Å². The van der Waals surface area contributed by atoms with Crippen molar-refractivity contribution >= 4 is 0 Å². The summed E-state index contributed by atoms with van der Waals surface area (Å²) in [5, 5.41) is 16.6. The molecule has 1 atom stereocenters. The van der Waals surface area contributed by atoms with Crippen LogP contribution in [0, 0.1) is 0 Å². The lowest BCUT2D eigenvalue weighted by Crippen LogP contribution is -2.42. The van der Waals surface area contributed by atoms with Crippen LogP contribution in [0.25, 0.3) is 0 Å². The third-order valence-corrected chi connectivity index (χ3v) is 3.90. The fourth-order valence-electron chi connectivity index (χ4n) is 2.87. The van der Waals surface area contributed by atoms with Crippen molar-refractivity contribution in [3.63, 3.8) is 0 Å². The average molecular weight is 241 g/mol. The van der Waals surface area contributed by atoms with Crippen molar-refractivity contribution in [2.24, 2.45) is 0 Å². The predicted octanol–water partition coefficient (Wildman–Crippen LogP) is 0.175. The molecule has 0 aromatic heterocycles. The zero-order chi connectivity index (χ0) is 11.9. The summed E-state index contributed by atoms with van der Waals surface area (Å²) in [6.07, 6.45) is 5.80. The van der Waals surface area contributed by atoms with Gasteiger partial charge in [0.25, 0.3) is 0 Å². The van der Waals surface area contributed by atoms with Gasteiger partial charge in [-0.15, -0.1) is 0 Å². The van der Waals surface area contributed by atoms with E-state index in [0.29, 0.717) is 0 Å². The van der Waals surface area contributed by atoms with Gasteiger partial charge in [-0.1, -0.05) is 0 Å². The van der Waals surface area contributed by atoms with Crippen LogP contribution < -0.4 is 10.6 Å². The van der Waals surface area contributed by atoms with Crippen LogP contribution in [0.2, 0.25) is 0 Å². The summed E-state index contributed by atoms with van der Waals surface area (Å²) in [4.78, 5) is 2.40. The van der Waals surface area contributed by atoms with E-state index in [9.17, 15) is 5.11 Å². The molecule has 0 amide bonds. The topological polar surface area (TPSA) is 47.5 Å². The molecule has 2 aliphatic heterocycles. The van der Waals surface area contributed by atoms with Crippen LogP contribution in [0.4, 0.5) is 0 Å². The SMILES string of the molecule is OC1CCCN(CCCNC2CCNCC2)C1. The summed E-state index contributed by atoms with van der Waals surface area (Å²) >= 11 is 0. The first-order chi connectivity index (χ1) is 8.34. The number of hydrogen-bond acceptors (Lipinski definition) is 4. The average Bonchev–Trinajstić information content (AvgIpc) is 2.36. The lowest BCUT2D eigenvalue weighted by atomic mass is 10.1. The van der Waals surface area contributed by atoms with Gasteiger partial charge in [-0.25, -0.2) is 0 Å². The Labute approximate surface area is 105 Å². The van der Waals surface area contributed by atoms with E-state index in [4.69, 9.17) is 0 Å². The molecule has 0 aromatic rings. The van der Waals surface area contributed by atoms with Crippen molar-refractivity contribution in [3.8, 4) is 0 Å². The van der Waals surface area contributed by atoms with E-state index in [2.05, 4.69) is 15.5 Å². The molecule has 17 heavy (non-hydrogen) atoms.